The lowest BCUT2D eigenvalue weighted by Crippen LogP contribution is -3.13. The third-order valence-corrected chi connectivity index (χ3v) is 3.97. The molecule has 108 valence electrons. The molecule has 2 N–H and O–H groups in total. The monoisotopic (exact) mass is 338 g/mol. The van der Waals surface area contributed by atoms with E-state index >= 15 is 0 Å². The summed E-state index contributed by atoms with van der Waals surface area (Å²) in [6.07, 6.45) is 6.71. The lowest BCUT2D eigenvalue weighted by atomic mass is 10.2. The Morgan fingerprint density at radius 3 is 2.75 bits per heavy atom. The zero-order chi connectivity index (χ0) is 14.2. The molecule has 1 aliphatic rings. The van der Waals surface area contributed by atoms with Crippen LogP contribution in [0.3, 0.4) is 0 Å². The molecule has 1 aromatic rings. The van der Waals surface area contributed by atoms with Crippen molar-refractivity contribution in [2.75, 3.05) is 19.6 Å². The fourth-order valence-electron chi connectivity index (χ4n) is 2.44. The molecule has 5 heteroatoms. The SMILES string of the molecule is O=C(C[NH+]1CCCCCC1)N/N=C\c1cccc(Br)c1. The van der Waals surface area contributed by atoms with Gasteiger partial charge < -0.3 is 4.90 Å². The van der Waals surface area contributed by atoms with Crippen LogP contribution in [0.4, 0.5) is 0 Å². The minimum atomic E-state index is -0.00635. The Balaban J connectivity index is 1.76. The fraction of sp³-hybridized carbons (Fsp3) is 0.467. The van der Waals surface area contributed by atoms with Gasteiger partial charge in [0.1, 0.15) is 0 Å². The molecule has 1 amide bonds. The molecule has 0 radical (unpaired) electrons. The highest BCUT2D eigenvalue weighted by molar-refractivity contribution is 9.10. The average molecular weight is 339 g/mol. The molecule has 4 nitrogen and oxygen atoms in total. The number of benzene rings is 1. The smallest absolute Gasteiger partial charge is 0.295 e. The van der Waals surface area contributed by atoms with E-state index in [1.165, 1.54) is 30.6 Å². The number of nitrogens with one attached hydrogen (secondary N) is 2. The van der Waals surface area contributed by atoms with Crippen molar-refractivity contribution < 1.29 is 9.69 Å². The minimum Gasteiger partial charge on any atom is -0.327 e. The summed E-state index contributed by atoms with van der Waals surface area (Å²) in [6, 6.07) is 7.80. The van der Waals surface area contributed by atoms with E-state index in [9.17, 15) is 4.79 Å². The third kappa shape index (κ3) is 5.43. The Labute approximate surface area is 128 Å². The van der Waals surface area contributed by atoms with Gasteiger partial charge in [0.2, 0.25) is 0 Å². The normalized spacial score (nSPS) is 17.1. The van der Waals surface area contributed by atoms with Gasteiger partial charge in [0.25, 0.3) is 5.91 Å². The maximum absolute atomic E-state index is 11.8. The number of rotatable bonds is 4. The van der Waals surface area contributed by atoms with Crippen LogP contribution in [0.15, 0.2) is 33.8 Å². The molecule has 2 rings (SSSR count). The first kappa shape index (κ1) is 15.2. The highest BCUT2D eigenvalue weighted by Gasteiger charge is 2.15. The maximum atomic E-state index is 11.8. The first-order valence-electron chi connectivity index (χ1n) is 7.15. The van der Waals surface area contributed by atoms with Gasteiger partial charge in [0.05, 0.1) is 19.3 Å². The molecule has 1 aromatic carbocycles. The second-order valence-electron chi connectivity index (χ2n) is 5.19. The van der Waals surface area contributed by atoms with Crippen LogP contribution < -0.4 is 10.3 Å². The molecule has 0 bridgehead atoms. The molecule has 1 fully saturated rings. The van der Waals surface area contributed by atoms with Gasteiger partial charge in [-0.1, -0.05) is 28.1 Å². The molecular weight excluding hydrogens is 318 g/mol. The van der Waals surface area contributed by atoms with Crippen LogP contribution in [0, 0.1) is 0 Å². The van der Waals surface area contributed by atoms with Crippen LogP contribution in [-0.4, -0.2) is 31.8 Å². The molecular formula is C15H21BrN3O+. The second kappa shape index (κ2) is 8.17. The van der Waals surface area contributed by atoms with Crippen molar-refractivity contribution in [3.8, 4) is 0 Å². The number of hydrogen-bond acceptors (Lipinski definition) is 2. The molecule has 0 aromatic heterocycles. The average Bonchev–Trinajstić information content (AvgIpc) is 2.67. The molecule has 1 aliphatic heterocycles. The zero-order valence-electron chi connectivity index (χ0n) is 11.6. The largest absolute Gasteiger partial charge is 0.327 e. The van der Waals surface area contributed by atoms with Crippen molar-refractivity contribution in [2.24, 2.45) is 5.10 Å². The third-order valence-electron chi connectivity index (χ3n) is 3.47. The van der Waals surface area contributed by atoms with Crippen LogP contribution in [0.25, 0.3) is 0 Å². The lowest BCUT2D eigenvalue weighted by molar-refractivity contribution is -0.891. The molecule has 0 spiro atoms. The van der Waals surface area contributed by atoms with E-state index in [4.69, 9.17) is 0 Å². The van der Waals surface area contributed by atoms with E-state index < -0.39 is 0 Å². The number of carbonyl (C=O) groups excluding carboxylic acids is 1. The molecule has 0 atom stereocenters. The topological polar surface area (TPSA) is 45.9 Å². The van der Waals surface area contributed by atoms with E-state index in [2.05, 4.69) is 26.5 Å². The number of amides is 1. The Morgan fingerprint density at radius 2 is 2.05 bits per heavy atom. The summed E-state index contributed by atoms with van der Waals surface area (Å²) < 4.78 is 1.00. The van der Waals surface area contributed by atoms with Crippen LogP contribution in [-0.2, 0) is 4.79 Å². The van der Waals surface area contributed by atoms with Crippen LogP contribution in [0.5, 0.6) is 0 Å². The minimum absolute atomic E-state index is 0.00635. The van der Waals surface area contributed by atoms with E-state index in [0.29, 0.717) is 6.54 Å². The summed E-state index contributed by atoms with van der Waals surface area (Å²) in [4.78, 5) is 13.2. The predicted molar refractivity (Wildman–Crippen MR) is 83.9 cm³/mol. The molecule has 20 heavy (non-hydrogen) atoms. The Kier molecular flexibility index (Phi) is 6.21. The number of hydrogen-bond donors (Lipinski definition) is 2. The van der Waals surface area contributed by atoms with Crippen LogP contribution >= 0.6 is 15.9 Å². The Hall–Kier alpha value is -1.20. The number of nitrogens with zero attached hydrogens (tertiary/aromatic N) is 1. The van der Waals surface area contributed by atoms with Crippen LogP contribution in [0.1, 0.15) is 31.2 Å². The van der Waals surface area contributed by atoms with Crippen molar-refractivity contribution in [1.29, 1.82) is 0 Å². The Morgan fingerprint density at radius 1 is 1.30 bits per heavy atom. The highest BCUT2D eigenvalue weighted by Crippen LogP contribution is 2.09. The summed E-state index contributed by atoms with van der Waals surface area (Å²) in [6.45, 7) is 2.72. The summed E-state index contributed by atoms with van der Waals surface area (Å²) in [5, 5.41) is 4.01. The molecule has 1 saturated heterocycles. The van der Waals surface area contributed by atoms with Crippen molar-refractivity contribution in [3.63, 3.8) is 0 Å². The summed E-state index contributed by atoms with van der Waals surface area (Å²) in [5.74, 6) is -0.00635. The van der Waals surface area contributed by atoms with Gasteiger partial charge in [-0.05, 0) is 43.4 Å². The van der Waals surface area contributed by atoms with Crippen molar-refractivity contribution in [3.05, 3.63) is 34.3 Å². The second-order valence-corrected chi connectivity index (χ2v) is 6.10. The van der Waals surface area contributed by atoms with Crippen molar-refractivity contribution >= 4 is 28.1 Å². The zero-order valence-corrected chi connectivity index (χ0v) is 13.2. The van der Waals surface area contributed by atoms with E-state index in [-0.39, 0.29) is 5.91 Å². The van der Waals surface area contributed by atoms with E-state index in [1.807, 2.05) is 24.3 Å². The van der Waals surface area contributed by atoms with Gasteiger partial charge in [-0.2, -0.15) is 5.10 Å². The van der Waals surface area contributed by atoms with Gasteiger partial charge >= 0.3 is 0 Å². The number of carbonyl (C=O) groups is 1. The number of hydrazone groups is 1. The number of quaternary nitrogens is 1. The summed E-state index contributed by atoms with van der Waals surface area (Å²) in [5.41, 5.74) is 3.57. The molecule has 0 saturated carbocycles. The van der Waals surface area contributed by atoms with Crippen molar-refractivity contribution in [2.45, 2.75) is 25.7 Å². The predicted octanol–water partition coefficient (Wildman–Crippen LogP) is 1.36. The van der Waals surface area contributed by atoms with Crippen LogP contribution in [0.2, 0.25) is 0 Å². The van der Waals surface area contributed by atoms with Gasteiger partial charge in [0, 0.05) is 4.47 Å². The van der Waals surface area contributed by atoms with Gasteiger partial charge in [-0.25, -0.2) is 5.43 Å². The van der Waals surface area contributed by atoms with Gasteiger partial charge in [-0.3, -0.25) is 4.79 Å². The quantitative estimate of drug-likeness (QED) is 0.632. The first-order valence-corrected chi connectivity index (χ1v) is 7.94. The number of likely N-dealkylation sites (tertiary alicyclic amines) is 1. The molecule has 1 heterocycles. The molecule has 0 aliphatic carbocycles. The maximum Gasteiger partial charge on any atom is 0.295 e. The van der Waals surface area contributed by atoms with E-state index in [1.54, 1.807) is 6.21 Å². The summed E-state index contributed by atoms with van der Waals surface area (Å²) in [7, 11) is 0. The lowest BCUT2D eigenvalue weighted by Gasteiger charge is -2.15. The van der Waals surface area contributed by atoms with Gasteiger partial charge in [-0.15, -0.1) is 0 Å². The highest BCUT2D eigenvalue weighted by atomic mass is 79.9. The Bertz CT molecular complexity index is 468. The standard InChI is InChI=1S/C15H20BrN3O/c16-14-7-5-6-13(10-14)11-17-18-15(20)12-19-8-3-1-2-4-9-19/h5-7,10-11H,1-4,8-9,12H2,(H,18,20)/p+1/b17-11-. The van der Waals surface area contributed by atoms with E-state index in [0.717, 1.165) is 23.1 Å². The molecule has 0 unspecified atom stereocenters. The van der Waals surface area contributed by atoms with Crippen molar-refractivity contribution in [1.82, 2.24) is 5.43 Å². The first-order chi connectivity index (χ1) is 9.74. The fourth-order valence-corrected chi connectivity index (χ4v) is 2.85. The van der Waals surface area contributed by atoms with Gasteiger partial charge in [0.15, 0.2) is 6.54 Å². The number of halogens is 1. The summed E-state index contributed by atoms with van der Waals surface area (Å²) >= 11 is 3.40.